The van der Waals surface area contributed by atoms with Gasteiger partial charge in [-0.3, -0.25) is 14.5 Å². The van der Waals surface area contributed by atoms with Crippen molar-refractivity contribution >= 4 is 29.2 Å². The highest BCUT2D eigenvalue weighted by Gasteiger charge is 2.53. The summed E-state index contributed by atoms with van der Waals surface area (Å²) in [5.41, 5.74) is 1.000. The van der Waals surface area contributed by atoms with E-state index < -0.39 is 11.6 Å². The molecule has 1 saturated carbocycles. The summed E-state index contributed by atoms with van der Waals surface area (Å²) in [6, 6.07) is 6.92. The van der Waals surface area contributed by atoms with Gasteiger partial charge in [-0.1, -0.05) is 20.8 Å². The van der Waals surface area contributed by atoms with Crippen LogP contribution in [-0.4, -0.2) is 48.9 Å². The zero-order valence-electron chi connectivity index (χ0n) is 18.0. The second-order valence-electron chi connectivity index (χ2n) is 9.53. The average Bonchev–Trinajstić information content (AvgIpc) is 2.86. The molecule has 7 nitrogen and oxygen atoms in total. The average molecular weight is 401 g/mol. The van der Waals surface area contributed by atoms with Crippen LogP contribution in [0, 0.1) is 11.3 Å². The van der Waals surface area contributed by atoms with E-state index in [0.29, 0.717) is 24.4 Å². The number of rotatable bonds is 4. The van der Waals surface area contributed by atoms with Crippen LogP contribution in [0.15, 0.2) is 24.3 Å². The van der Waals surface area contributed by atoms with Crippen molar-refractivity contribution in [2.45, 2.75) is 52.0 Å². The lowest BCUT2D eigenvalue weighted by Gasteiger charge is -2.40. The molecule has 158 valence electrons. The first-order valence-electron chi connectivity index (χ1n) is 10.2. The number of benzene rings is 1. The first-order valence-corrected chi connectivity index (χ1v) is 10.2. The van der Waals surface area contributed by atoms with Gasteiger partial charge in [0, 0.05) is 25.5 Å². The topological polar surface area (TPSA) is 81.8 Å². The van der Waals surface area contributed by atoms with Crippen LogP contribution in [0.1, 0.15) is 46.5 Å². The Morgan fingerprint density at radius 1 is 1.17 bits per heavy atom. The van der Waals surface area contributed by atoms with E-state index in [1.165, 1.54) is 0 Å². The highest BCUT2D eigenvalue weighted by Crippen LogP contribution is 2.43. The SMILES string of the molecule is CN(C)c1ccc(NC(=O)CN2C(=O)NC3(CCC(C(C)(C)C)CC3)C2=O)cc1. The molecule has 1 heterocycles. The zero-order chi connectivity index (χ0) is 21.4. The molecule has 2 N–H and O–H groups in total. The summed E-state index contributed by atoms with van der Waals surface area (Å²) in [7, 11) is 3.88. The van der Waals surface area contributed by atoms with E-state index in [-0.39, 0.29) is 23.8 Å². The Labute approximate surface area is 172 Å². The molecular weight excluding hydrogens is 368 g/mol. The maximum absolute atomic E-state index is 13.0. The summed E-state index contributed by atoms with van der Waals surface area (Å²) in [4.78, 5) is 40.9. The minimum Gasteiger partial charge on any atom is -0.378 e. The van der Waals surface area contributed by atoms with Crippen molar-refractivity contribution < 1.29 is 14.4 Å². The van der Waals surface area contributed by atoms with E-state index in [2.05, 4.69) is 31.4 Å². The number of amides is 4. The van der Waals surface area contributed by atoms with Crippen LogP contribution in [0.5, 0.6) is 0 Å². The van der Waals surface area contributed by atoms with Crippen molar-refractivity contribution in [3.63, 3.8) is 0 Å². The van der Waals surface area contributed by atoms with Crippen molar-refractivity contribution in [2.75, 3.05) is 30.9 Å². The highest BCUT2D eigenvalue weighted by atomic mass is 16.2. The monoisotopic (exact) mass is 400 g/mol. The first-order chi connectivity index (χ1) is 13.5. The maximum atomic E-state index is 13.0. The minimum atomic E-state index is -0.841. The number of hydrogen-bond acceptors (Lipinski definition) is 4. The molecule has 2 aliphatic rings. The van der Waals surface area contributed by atoms with Crippen LogP contribution in [0.2, 0.25) is 0 Å². The molecule has 0 aromatic heterocycles. The number of carbonyl (C=O) groups is 3. The van der Waals surface area contributed by atoms with Crippen molar-refractivity contribution in [2.24, 2.45) is 11.3 Å². The van der Waals surface area contributed by atoms with E-state index in [1.807, 2.05) is 31.1 Å². The molecule has 29 heavy (non-hydrogen) atoms. The summed E-state index contributed by atoms with van der Waals surface area (Å²) in [5.74, 6) is -0.125. The largest absolute Gasteiger partial charge is 0.378 e. The molecule has 1 aliphatic carbocycles. The number of urea groups is 1. The lowest BCUT2D eigenvalue weighted by atomic mass is 9.67. The van der Waals surface area contributed by atoms with Gasteiger partial charge in [-0.05, 0) is 61.3 Å². The number of anilines is 2. The van der Waals surface area contributed by atoms with Gasteiger partial charge >= 0.3 is 6.03 Å². The molecule has 3 rings (SSSR count). The molecule has 0 radical (unpaired) electrons. The molecule has 0 unspecified atom stereocenters. The number of nitrogens with zero attached hydrogens (tertiary/aromatic N) is 2. The smallest absolute Gasteiger partial charge is 0.325 e. The number of hydrogen-bond donors (Lipinski definition) is 2. The molecule has 0 atom stereocenters. The Bertz CT molecular complexity index is 787. The summed E-state index contributed by atoms with van der Waals surface area (Å²) in [6.07, 6.45) is 3.05. The number of imide groups is 1. The van der Waals surface area contributed by atoms with Crippen LogP contribution in [-0.2, 0) is 9.59 Å². The molecule has 0 bridgehead atoms. The van der Waals surface area contributed by atoms with Crippen molar-refractivity contribution in [1.29, 1.82) is 0 Å². The molecule has 1 aliphatic heterocycles. The molecule has 7 heteroatoms. The van der Waals surface area contributed by atoms with Gasteiger partial charge in [0.2, 0.25) is 5.91 Å². The Kier molecular flexibility index (Phi) is 5.61. The molecular formula is C22H32N4O3. The van der Waals surface area contributed by atoms with Gasteiger partial charge in [0.05, 0.1) is 0 Å². The summed E-state index contributed by atoms with van der Waals surface area (Å²) >= 11 is 0. The van der Waals surface area contributed by atoms with Gasteiger partial charge in [-0.25, -0.2) is 4.79 Å². The third kappa shape index (κ3) is 4.38. The second kappa shape index (κ2) is 7.69. The van der Waals surface area contributed by atoms with Gasteiger partial charge in [0.1, 0.15) is 12.1 Å². The van der Waals surface area contributed by atoms with Crippen LogP contribution < -0.4 is 15.5 Å². The lowest BCUT2D eigenvalue weighted by Crippen LogP contribution is -2.50. The Hall–Kier alpha value is -2.57. The lowest BCUT2D eigenvalue weighted by molar-refractivity contribution is -0.135. The predicted octanol–water partition coefficient (Wildman–Crippen LogP) is 3.22. The maximum Gasteiger partial charge on any atom is 0.325 e. The third-order valence-electron chi connectivity index (χ3n) is 6.28. The normalized spacial score (nSPS) is 24.6. The Morgan fingerprint density at radius 3 is 2.28 bits per heavy atom. The Morgan fingerprint density at radius 2 is 1.76 bits per heavy atom. The molecule has 2 fully saturated rings. The fourth-order valence-electron chi connectivity index (χ4n) is 4.32. The minimum absolute atomic E-state index is 0.189. The zero-order valence-corrected chi connectivity index (χ0v) is 18.0. The van der Waals surface area contributed by atoms with Gasteiger partial charge in [0.25, 0.3) is 5.91 Å². The van der Waals surface area contributed by atoms with Gasteiger partial charge in [-0.2, -0.15) is 0 Å². The van der Waals surface area contributed by atoms with Gasteiger partial charge in [-0.15, -0.1) is 0 Å². The molecule has 1 aromatic rings. The van der Waals surface area contributed by atoms with Crippen molar-refractivity contribution in [3.8, 4) is 0 Å². The fourth-order valence-corrected chi connectivity index (χ4v) is 4.32. The number of carbonyl (C=O) groups excluding carboxylic acids is 3. The van der Waals surface area contributed by atoms with E-state index in [4.69, 9.17) is 0 Å². The molecule has 1 saturated heterocycles. The molecule has 1 aromatic carbocycles. The molecule has 1 spiro atoms. The Balaban J connectivity index is 1.61. The van der Waals surface area contributed by atoms with E-state index >= 15 is 0 Å². The van der Waals surface area contributed by atoms with E-state index in [1.54, 1.807) is 12.1 Å². The van der Waals surface area contributed by atoms with Crippen molar-refractivity contribution in [3.05, 3.63) is 24.3 Å². The van der Waals surface area contributed by atoms with Crippen LogP contribution >= 0.6 is 0 Å². The summed E-state index contributed by atoms with van der Waals surface area (Å²) in [5, 5.41) is 5.65. The standard InChI is InChI=1S/C22H32N4O3/c1-21(2,3)15-10-12-22(13-11-15)19(28)26(20(29)24-22)14-18(27)23-16-6-8-17(9-7-16)25(4)5/h6-9,15H,10-14H2,1-5H3,(H,23,27)(H,24,29). The highest BCUT2D eigenvalue weighted by molar-refractivity contribution is 6.10. The quantitative estimate of drug-likeness (QED) is 0.761. The summed E-state index contributed by atoms with van der Waals surface area (Å²) in [6.45, 7) is 6.37. The molecule has 4 amide bonds. The first kappa shape index (κ1) is 21.1. The van der Waals surface area contributed by atoms with E-state index in [0.717, 1.165) is 23.4 Å². The van der Waals surface area contributed by atoms with Crippen LogP contribution in [0.3, 0.4) is 0 Å². The summed E-state index contributed by atoms with van der Waals surface area (Å²) < 4.78 is 0. The van der Waals surface area contributed by atoms with Gasteiger partial charge < -0.3 is 15.5 Å². The van der Waals surface area contributed by atoms with E-state index in [9.17, 15) is 14.4 Å². The second-order valence-corrected chi connectivity index (χ2v) is 9.53. The third-order valence-corrected chi connectivity index (χ3v) is 6.28. The van der Waals surface area contributed by atoms with Crippen molar-refractivity contribution in [1.82, 2.24) is 10.2 Å². The predicted molar refractivity (Wildman–Crippen MR) is 114 cm³/mol. The van der Waals surface area contributed by atoms with Gasteiger partial charge in [0.15, 0.2) is 0 Å². The van der Waals surface area contributed by atoms with Crippen LogP contribution in [0.25, 0.3) is 0 Å². The fraction of sp³-hybridized carbons (Fsp3) is 0.591. The van der Waals surface area contributed by atoms with Crippen LogP contribution in [0.4, 0.5) is 16.2 Å². The number of nitrogens with one attached hydrogen (secondary N) is 2.